The summed E-state index contributed by atoms with van der Waals surface area (Å²) in [7, 11) is 2.17. The second-order valence-electron chi connectivity index (χ2n) is 4.64. The van der Waals surface area contributed by atoms with E-state index in [9.17, 15) is 0 Å². The summed E-state index contributed by atoms with van der Waals surface area (Å²) in [6.45, 7) is 3.26. The van der Waals surface area contributed by atoms with Gasteiger partial charge in [0.2, 0.25) is 0 Å². The number of anilines is 1. The van der Waals surface area contributed by atoms with Crippen molar-refractivity contribution >= 4 is 29.0 Å². The number of nitrogens with one attached hydrogen (secondary N) is 1. The predicted octanol–water partition coefficient (Wildman–Crippen LogP) is 3.14. The summed E-state index contributed by atoms with van der Waals surface area (Å²) < 4.78 is 0. The summed E-state index contributed by atoms with van der Waals surface area (Å²) >= 11 is 11.9. The number of halogens is 2. The number of likely N-dealkylation sites (tertiary alicyclic amines) is 1. The van der Waals surface area contributed by atoms with Gasteiger partial charge in [-0.2, -0.15) is 0 Å². The van der Waals surface area contributed by atoms with Gasteiger partial charge in [0.05, 0.1) is 10.0 Å². The second kappa shape index (κ2) is 5.89. The van der Waals surface area contributed by atoms with Crippen LogP contribution in [0.2, 0.25) is 10.0 Å². The maximum atomic E-state index is 6.06. The minimum absolute atomic E-state index is 0.568. The highest BCUT2D eigenvalue weighted by atomic mass is 35.5. The molecule has 0 amide bonds. The van der Waals surface area contributed by atoms with Crippen LogP contribution in [-0.4, -0.2) is 36.6 Å². The van der Waals surface area contributed by atoms with Crippen LogP contribution in [0.3, 0.4) is 0 Å². The standard InChI is InChI=1S/C12H17Cl2N3/c1-17-4-2-3-9(8-17)6-15-12-11(14)5-10(13)7-16-12/h5,7,9H,2-4,6,8H2,1H3,(H,15,16). The first-order valence-electron chi connectivity index (χ1n) is 5.88. The quantitative estimate of drug-likeness (QED) is 0.917. The van der Waals surface area contributed by atoms with Gasteiger partial charge in [-0.1, -0.05) is 23.2 Å². The number of nitrogens with zero attached hydrogens (tertiary/aromatic N) is 2. The van der Waals surface area contributed by atoms with Crippen LogP contribution in [0, 0.1) is 5.92 Å². The van der Waals surface area contributed by atoms with E-state index >= 15 is 0 Å². The number of pyridine rings is 1. The SMILES string of the molecule is CN1CCCC(CNc2ncc(Cl)cc2Cl)C1. The van der Waals surface area contributed by atoms with Crippen molar-refractivity contribution in [2.45, 2.75) is 12.8 Å². The van der Waals surface area contributed by atoms with Gasteiger partial charge < -0.3 is 10.2 Å². The summed E-state index contributed by atoms with van der Waals surface area (Å²) in [6, 6.07) is 1.71. The first-order valence-corrected chi connectivity index (χ1v) is 6.64. The van der Waals surface area contributed by atoms with Crippen molar-refractivity contribution in [3.8, 4) is 0 Å². The molecule has 1 fully saturated rings. The topological polar surface area (TPSA) is 28.2 Å². The Morgan fingerprint density at radius 1 is 1.53 bits per heavy atom. The van der Waals surface area contributed by atoms with E-state index in [0.717, 1.165) is 18.9 Å². The van der Waals surface area contributed by atoms with Crippen LogP contribution >= 0.6 is 23.2 Å². The van der Waals surface area contributed by atoms with Gasteiger partial charge in [0.15, 0.2) is 0 Å². The van der Waals surface area contributed by atoms with Crippen molar-refractivity contribution in [3.05, 3.63) is 22.3 Å². The first-order chi connectivity index (χ1) is 8.15. The Labute approximate surface area is 112 Å². The molecule has 0 aromatic carbocycles. The molecule has 1 N–H and O–H groups in total. The van der Waals surface area contributed by atoms with Gasteiger partial charge in [-0.3, -0.25) is 0 Å². The van der Waals surface area contributed by atoms with Crippen molar-refractivity contribution in [1.82, 2.24) is 9.88 Å². The van der Waals surface area contributed by atoms with Gasteiger partial charge in [-0.25, -0.2) is 4.98 Å². The van der Waals surface area contributed by atoms with E-state index in [4.69, 9.17) is 23.2 Å². The van der Waals surface area contributed by atoms with E-state index in [2.05, 4.69) is 22.2 Å². The Morgan fingerprint density at radius 2 is 2.35 bits per heavy atom. The van der Waals surface area contributed by atoms with Gasteiger partial charge in [0, 0.05) is 19.3 Å². The zero-order valence-electron chi connectivity index (χ0n) is 9.92. The Hall–Kier alpha value is -0.510. The fourth-order valence-electron chi connectivity index (χ4n) is 2.23. The van der Waals surface area contributed by atoms with Crippen molar-refractivity contribution in [2.75, 3.05) is 32.0 Å². The molecule has 5 heteroatoms. The van der Waals surface area contributed by atoms with E-state index < -0.39 is 0 Å². The Morgan fingerprint density at radius 3 is 3.06 bits per heavy atom. The number of rotatable bonds is 3. The third-order valence-corrected chi connectivity index (χ3v) is 3.58. The summed E-state index contributed by atoms with van der Waals surface area (Å²) in [6.07, 6.45) is 4.15. The van der Waals surface area contributed by atoms with Crippen LogP contribution < -0.4 is 5.32 Å². The summed E-state index contributed by atoms with van der Waals surface area (Å²) in [5, 5.41) is 4.45. The van der Waals surface area contributed by atoms with Gasteiger partial charge in [0.25, 0.3) is 0 Å². The van der Waals surface area contributed by atoms with Crippen molar-refractivity contribution in [2.24, 2.45) is 5.92 Å². The first kappa shape index (κ1) is 12.9. The van der Waals surface area contributed by atoms with Crippen molar-refractivity contribution in [1.29, 1.82) is 0 Å². The van der Waals surface area contributed by atoms with Gasteiger partial charge in [0.1, 0.15) is 5.82 Å². The molecule has 1 unspecified atom stereocenters. The molecule has 0 bridgehead atoms. The molecule has 0 aliphatic carbocycles. The van der Waals surface area contributed by atoms with Gasteiger partial charge >= 0.3 is 0 Å². The third kappa shape index (κ3) is 3.73. The van der Waals surface area contributed by atoms with E-state index in [1.165, 1.54) is 19.4 Å². The van der Waals surface area contributed by atoms with E-state index in [1.807, 2.05) is 0 Å². The lowest BCUT2D eigenvalue weighted by Gasteiger charge is -2.29. The molecule has 94 valence electrons. The molecular weight excluding hydrogens is 257 g/mol. The zero-order valence-corrected chi connectivity index (χ0v) is 11.4. The molecule has 1 aromatic rings. The summed E-state index contributed by atoms with van der Waals surface area (Å²) in [5.41, 5.74) is 0. The number of hydrogen-bond donors (Lipinski definition) is 1. The minimum Gasteiger partial charge on any atom is -0.369 e. The monoisotopic (exact) mass is 273 g/mol. The minimum atomic E-state index is 0.568. The largest absolute Gasteiger partial charge is 0.369 e. The Kier molecular flexibility index (Phi) is 4.48. The lowest BCUT2D eigenvalue weighted by atomic mass is 9.98. The van der Waals surface area contributed by atoms with Gasteiger partial charge in [-0.15, -0.1) is 0 Å². The molecule has 1 atom stereocenters. The number of hydrogen-bond acceptors (Lipinski definition) is 3. The number of aromatic nitrogens is 1. The highest BCUT2D eigenvalue weighted by Gasteiger charge is 2.17. The highest BCUT2D eigenvalue weighted by Crippen LogP contribution is 2.23. The second-order valence-corrected chi connectivity index (χ2v) is 5.48. The molecule has 1 aliphatic rings. The molecule has 1 saturated heterocycles. The zero-order chi connectivity index (χ0) is 12.3. The lowest BCUT2D eigenvalue weighted by Crippen LogP contribution is -2.35. The lowest BCUT2D eigenvalue weighted by molar-refractivity contribution is 0.217. The average Bonchev–Trinajstić information content (AvgIpc) is 2.28. The van der Waals surface area contributed by atoms with Crippen molar-refractivity contribution < 1.29 is 0 Å². The normalized spacial score (nSPS) is 21.5. The van der Waals surface area contributed by atoms with Crippen LogP contribution in [0.5, 0.6) is 0 Å². The average molecular weight is 274 g/mol. The molecule has 3 nitrogen and oxygen atoms in total. The molecule has 0 radical (unpaired) electrons. The molecule has 0 saturated carbocycles. The molecule has 0 spiro atoms. The predicted molar refractivity (Wildman–Crippen MR) is 73.0 cm³/mol. The van der Waals surface area contributed by atoms with Crippen LogP contribution in [0.15, 0.2) is 12.3 Å². The fourth-order valence-corrected chi connectivity index (χ4v) is 2.67. The van der Waals surface area contributed by atoms with E-state index in [1.54, 1.807) is 12.3 Å². The molecule has 1 aromatic heterocycles. The summed E-state index contributed by atoms with van der Waals surface area (Å²) in [5.74, 6) is 1.39. The maximum absolute atomic E-state index is 6.06. The molecule has 2 heterocycles. The Balaban J connectivity index is 1.88. The van der Waals surface area contributed by atoms with Crippen LogP contribution in [-0.2, 0) is 0 Å². The third-order valence-electron chi connectivity index (χ3n) is 3.09. The van der Waals surface area contributed by atoms with Crippen LogP contribution in [0.25, 0.3) is 0 Å². The maximum Gasteiger partial charge on any atom is 0.144 e. The fraction of sp³-hybridized carbons (Fsp3) is 0.583. The van der Waals surface area contributed by atoms with Crippen LogP contribution in [0.1, 0.15) is 12.8 Å². The van der Waals surface area contributed by atoms with Gasteiger partial charge in [-0.05, 0) is 38.4 Å². The highest BCUT2D eigenvalue weighted by molar-refractivity contribution is 6.35. The van der Waals surface area contributed by atoms with E-state index in [0.29, 0.717) is 16.0 Å². The van der Waals surface area contributed by atoms with E-state index in [-0.39, 0.29) is 0 Å². The molecule has 17 heavy (non-hydrogen) atoms. The van der Waals surface area contributed by atoms with Crippen molar-refractivity contribution in [3.63, 3.8) is 0 Å². The van der Waals surface area contributed by atoms with Crippen LogP contribution in [0.4, 0.5) is 5.82 Å². The smallest absolute Gasteiger partial charge is 0.144 e. The Bertz CT molecular complexity index is 384. The molecular formula is C12H17Cl2N3. The number of piperidine rings is 1. The molecule has 2 rings (SSSR count). The molecule has 1 aliphatic heterocycles. The summed E-state index contributed by atoms with van der Waals surface area (Å²) in [4.78, 5) is 6.56.